The fourth-order valence-electron chi connectivity index (χ4n) is 3.29. The van der Waals surface area contributed by atoms with E-state index in [0.29, 0.717) is 0 Å². The van der Waals surface area contributed by atoms with E-state index >= 15 is 0 Å². The van der Waals surface area contributed by atoms with Gasteiger partial charge in [-0.2, -0.15) is 0 Å². The zero-order valence-corrected chi connectivity index (χ0v) is 18.7. The highest BCUT2D eigenvalue weighted by molar-refractivity contribution is 6.23. The summed E-state index contributed by atoms with van der Waals surface area (Å²) in [6, 6.07) is 4.23. The quantitative estimate of drug-likeness (QED) is 0.171. The molecule has 0 heterocycles. The number of ketones is 3. The van der Waals surface area contributed by atoms with Crippen molar-refractivity contribution in [1.82, 2.24) is 0 Å². The zero-order valence-electron chi connectivity index (χ0n) is 18.7. The van der Waals surface area contributed by atoms with Crippen molar-refractivity contribution in [2.24, 2.45) is 5.41 Å². The number of non-ortho nitro benzene ring substituents is 1. The summed E-state index contributed by atoms with van der Waals surface area (Å²) in [5.74, 6) is -3.61. The Hall–Kier alpha value is -3.47. The van der Waals surface area contributed by atoms with E-state index in [4.69, 9.17) is 4.74 Å². The third-order valence-electron chi connectivity index (χ3n) is 5.19. The molecule has 1 atom stereocenters. The third-order valence-corrected chi connectivity index (χ3v) is 5.19. The van der Waals surface area contributed by atoms with Gasteiger partial charge in [-0.25, -0.2) is 0 Å². The molecule has 178 valence electrons. The number of ether oxygens (including phenoxy) is 1. The monoisotopic (exact) mass is 461 g/mol. The molecule has 33 heavy (non-hydrogen) atoms. The Morgan fingerprint density at radius 1 is 0.970 bits per heavy atom. The number of carbonyl (C=O) groups excluding carboxylic acids is 3. The van der Waals surface area contributed by atoms with Crippen LogP contribution in [0.15, 0.2) is 60.7 Å². The SMILES string of the molecule is C=C(C)C(=O)C(O)C(CO)(CO)C(Oc1ccc([N+](=O)[O-])cc1)(C(=O)C(=C)C)C(=O)C(=C)C. The average Bonchev–Trinajstić information content (AvgIpc) is 2.77. The molecule has 0 aromatic heterocycles. The minimum absolute atomic E-state index is 0.177. The summed E-state index contributed by atoms with van der Waals surface area (Å²) in [5, 5.41) is 42.6. The second-order valence-electron chi connectivity index (χ2n) is 7.77. The van der Waals surface area contributed by atoms with Crippen LogP contribution < -0.4 is 4.74 Å². The van der Waals surface area contributed by atoms with Crippen LogP contribution in [0.2, 0.25) is 0 Å². The van der Waals surface area contributed by atoms with Crippen LogP contribution in [0.5, 0.6) is 5.75 Å². The summed E-state index contributed by atoms with van der Waals surface area (Å²) < 4.78 is 5.78. The topological polar surface area (TPSA) is 164 Å². The van der Waals surface area contributed by atoms with Crippen molar-refractivity contribution >= 4 is 23.0 Å². The van der Waals surface area contributed by atoms with Gasteiger partial charge in [0.15, 0.2) is 5.78 Å². The number of hydrogen-bond acceptors (Lipinski definition) is 9. The maximum atomic E-state index is 13.5. The number of nitro benzene ring substituents is 1. The van der Waals surface area contributed by atoms with Gasteiger partial charge in [-0.15, -0.1) is 0 Å². The minimum Gasteiger partial charge on any atom is -0.470 e. The Labute approximate surface area is 190 Å². The van der Waals surface area contributed by atoms with E-state index in [2.05, 4.69) is 19.7 Å². The van der Waals surface area contributed by atoms with Gasteiger partial charge in [0.1, 0.15) is 17.3 Å². The fourth-order valence-corrected chi connectivity index (χ4v) is 3.29. The first kappa shape index (κ1) is 27.6. The predicted molar refractivity (Wildman–Crippen MR) is 119 cm³/mol. The molecule has 0 aliphatic heterocycles. The minimum atomic E-state index is -2.91. The molecule has 0 aliphatic carbocycles. The van der Waals surface area contributed by atoms with Crippen LogP contribution in [0.3, 0.4) is 0 Å². The van der Waals surface area contributed by atoms with Crippen LogP contribution >= 0.6 is 0 Å². The number of rotatable bonds is 13. The summed E-state index contributed by atoms with van der Waals surface area (Å²) >= 11 is 0. The molecule has 3 N–H and O–H groups in total. The van der Waals surface area contributed by atoms with Crippen molar-refractivity contribution in [3.63, 3.8) is 0 Å². The molecule has 1 rings (SSSR count). The second kappa shape index (κ2) is 10.4. The van der Waals surface area contributed by atoms with E-state index in [1.165, 1.54) is 20.8 Å². The fraction of sp³-hybridized carbons (Fsp3) is 0.348. The van der Waals surface area contributed by atoms with Crippen LogP contribution in [-0.4, -0.2) is 62.5 Å². The lowest BCUT2D eigenvalue weighted by Crippen LogP contribution is -2.71. The third kappa shape index (κ3) is 4.82. The van der Waals surface area contributed by atoms with Gasteiger partial charge in [-0.3, -0.25) is 24.5 Å². The Morgan fingerprint density at radius 2 is 1.39 bits per heavy atom. The van der Waals surface area contributed by atoms with Gasteiger partial charge in [0, 0.05) is 12.1 Å². The molecule has 0 bridgehead atoms. The molecular formula is C23H27NO9. The number of hydrogen-bond donors (Lipinski definition) is 3. The van der Waals surface area contributed by atoms with E-state index < -0.39 is 52.6 Å². The van der Waals surface area contributed by atoms with E-state index in [1.807, 2.05) is 0 Å². The molecule has 1 aromatic rings. The Balaban J connectivity index is 4.06. The molecule has 0 radical (unpaired) electrons. The van der Waals surface area contributed by atoms with Gasteiger partial charge in [0.05, 0.1) is 18.1 Å². The number of nitro groups is 1. The Bertz CT molecular complexity index is 977. The smallest absolute Gasteiger partial charge is 0.269 e. The van der Waals surface area contributed by atoms with Crippen molar-refractivity contribution in [1.29, 1.82) is 0 Å². The van der Waals surface area contributed by atoms with Crippen LogP contribution in [0.4, 0.5) is 5.69 Å². The molecule has 10 nitrogen and oxygen atoms in total. The largest absolute Gasteiger partial charge is 0.470 e. The van der Waals surface area contributed by atoms with E-state index in [0.717, 1.165) is 24.3 Å². The molecule has 0 saturated heterocycles. The lowest BCUT2D eigenvalue weighted by molar-refractivity contribution is -0.384. The van der Waals surface area contributed by atoms with Crippen LogP contribution in [0.1, 0.15) is 20.8 Å². The number of benzene rings is 1. The van der Waals surface area contributed by atoms with Crippen molar-refractivity contribution in [2.45, 2.75) is 32.5 Å². The van der Waals surface area contributed by atoms with Crippen molar-refractivity contribution in [3.05, 3.63) is 70.8 Å². The standard InChI is InChI=1S/C23H27NO9/c1-13(2)18(27)21(30)22(11-25,12-26)23(19(28)14(3)4,20(29)15(5)6)33-17-9-7-16(8-10-17)24(31)32/h7-10,21,25-26,30H,1,3,5,11-12H2,2,4,6H3. The van der Waals surface area contributed by atoms with E-state index in [1.54, 1.807) is 0 Å². The molecule has 0 spiro atoms. The van der Waals surface area contributed by atoms with Gasteiger partial charge in [0.25, 0.3) is 5.69 Å². The highest BCUT2D eigenvalue weighted by atomic mass is 16.6. The molecule has 1 unspecified atom stereocenters. The molecule has 0 aliphatic rings. The maximum absolute atomic E-state index is 13.5. The predicted octanol–water partition coefficient (Wildman–Crippen LogP) is 1.48. The highest BCUT2D eigenvalue weighted by Gasteiger charge is 2.67. The van der Waals surface area contributed by atoms with Gasteiger partial charge >= 0.3 is 0 Å². The molecule has 0 fully saturated rings. The van der Waals surface area contributed by atoms with Gasteiger partial charge in [0.2, 0.25) is 17.2 Å². The molecule has 0 saturated carbocycles. The molecule has 0 amide bonds. The number of aliphatic hydroxyl groups is 3. The van der Waals surface area contributed by atoms with Crippen molar-refractivity contribution in [3.8, 4) is 5.75 Å². The summed E-state index contributed by atoms with van der Waals surface area (Å²) in [6.45, 7) is 11.7. The van der Waals surface area contributed by atoms with Crippen LogP contribution in [-0.2, 0) is 14.4 Å². The van der Waals surface area contributed by atoms with Gasteiger partial charge < -0.3 is 20.1 Å². The molecule has 1 aromatic carbocycles. The normalized spacial score (nSPS) is 12.4. The van der Waals surface area contributed by atoms with E-state index in [-0.39, 0.29) is 28.2 Å². The Morgan fingerprint density at radius 3 is 1.70 bits per heavy atom. The summed E-state index contributed by atoms with van der Waals surface area (Å²) in [4.78, 5) is 49.9. The molecular weight excluding hydrogens is 434 g/mol. The van der Waals surface area contributed by atoms with Crippen LogP contribution in [0, 0.1) is 15.5 Å². The number of nitrogens with zero attached hydrogens (tertiary/aromatic N) is 1. The first-order valence-corrected chi connectivity index (χ1v) is 9.67. The lowest BCUT2D eigenvalue weighted by atomic mass is 9.61. The van der Waals surface area contributed by atoms with E-state index in [9.17, 15) is 39.8 Å². The van der Waals surface area contributed by atoms with Gasteiger partial charge in [-0.1, -0.05) is 19.7 Å². The van der Waals surface area contributed by atoms with Crippen molar-refractivity contribution in [2.75, 3.05) is 13.2 Å². The van der Waals surface area contributed by atoms with Crippen molar-refractivity contribution < 1.29 is 39.4 Å². The number of Topliss-reactive ketones (excluding diaryl/α,β-unsaturated/α-hetero) is 3. The second-order valence-corrected chi connectivity index (χ2v) is 7.77. The summed E-state index contributed by atoms with van der Waals surface area (Å²) in [7, 11) is 0. The number of carbonyl (C=O) groups is 3. The zero-order chi connectivity index (χ0) is 25.7. The summed E-state index contributed by atoms with van der Waals surface area (Å²) in [5.41, 5.74) is -6.53. The maximum Gasteiger partial charge on any atom is 0.269 e. The number of aliphatic hydroxyl groups excluding tert-OH is 3. The first-order chi connectivity index (χ1) is 15.2. The average molecular weight is 461 g/mol. The van der Waals surface area contributed by atoms with Gasteiger partial charge in [-0.05, 0) is 49.6 Å². The molecule has 10 heteroatoms. The van der Waals surface area contributed by atoms with Crippen LogP contribution in [0.25, 0.3) is 0 Å². The first-order valence-electron chi connectivity index (χ1n) is 9.67. The Kier molecular flexibility index (Phi) is 8.71. The lowest BCUT2D eigenvalue weighted by Gasteiger charge is -2.48. The highest BCUT2D eigenvalue weighted by Crippen LogP contribution is 2.44. The summed E-state index contributed by atoms with van der Waals surface area (Å²) in [6.07, 6.45) is -2.31.